The second kappa shape index (κ2) is 5.16. The number of methoxy groups -OCH3 is 1. The van der Waals surface area contributed by atoms with Gasteiger partial charge in [0.25, 0.3) is 0 Å². The Bertz CT molecular complexity index is 411. The first-order valence-electron chi connectivity index (χ1n) is 4.67. The minimum Gasteiger partial charge on any atom is -0.507 e. The highest BCUT2D eigenvalue weighted by Gasteiger charge is 2.14. The zero-order chi connectivity index (χ0) is 12.1. The molecule has 0 aliphatic rings. The van der Waals surface area contributed by atoms with E-state index in [1.165, 1.54) is 19.2 Å². The quantitative estimate of drug-likeness (QED) is 0.735. The Labute approximate surface area is 92.3 Å². The first-order chi connectivity index (χ1) is 7.60. The molecule has 86 valence electrons. The van der Waals surface area contributed by atoms with E-state index in [2.05, 4.69) is 0 Å². The predicted molar refractivity (Wildman–Crippen MR) is 56.0 cm³/mol. The van der Waals surface area contributed by atoms with Crippen molar-refractivity contribution in [2.45, 2.75) is 12.8 Å². The van der Waals surface area contributed by atoms with Crippen molar-refractivity contribution in [3.63, 3.8) is 0 Å². The average Bonchev–Trinajstić information content (AvgIpc) is 2.26. The van der Waals surface area contributed by atoms with E-state index in [-0.39, 0.29) is 17.7 Å². The number of hydrogen-bond acceptors (Lipinski definition) is 4. The van der Waals surface area contributed by atoms with Crippen LogP contribution in [0.4, 0.5) is 0 Å². The monoisotopic (exact) mass is 224 g/mol. The largest absolute Gasteiger partial charge is 0.507 e. The van der Waals surface area contributed by atoms with Crippen LogP contribution in [0.15, 0.2) is 12.1 Å². The highest BCUT2D eigenvalue weighted by Crippen LogP contribution is 2.29. The van der Waals surface area contributed by atoms with E-state index in [0.717, 1.165) is 6.29 Å². The molecule has 0 unspecified atom stereocenters. The number of ether oxygens (including phenoxy) is 1. The van der Waals surface area contributed by atoms with Gasteiger partial charge in [0.15, 0.2) is 0 Å². The molecule has 1 rings (SSSR count). The first kappa shape index (κ1) is 12.0. The molecule has 0 aliphatic carbocycles. The standard InChI is InChI=1S/C11H12O5/c1-16-10-6-9(13)8(11(14)15)5-7(10)3-2-4-12/h4-6,13H,2-3H2,1H3,(H,14,15). The van der Waals surface area contributed by atoms with Crippen LogP contribution in [-0.2, 0) is 11.2 Å². The third-order valence-electron chi connectivity index (χ3n) is 2.16. The fraction of sp³-hybridized carbons (Fsp3) is 0.273. The van der Waals surface area contributed by atoms with Crippen LogP contribution in [0, 0.1) is 0 Å². The minimum absolute atomic E-state index is 0.193. The van der Waals surface area contributed by atoms with Crippen molar-refractivity contribution in [3.8, 4) is 11.5 Å². The van der Waals surface area contributed by atoms with Gasteiger partial charge in [-0.2, -0.15) is 0 Å². The van der Waals surface area contributed by atoms with Crippen molar-refractivity contribution in [1.82, 2.24) is 0 Å². The number of rotatable bonds is 5. The average molecular weight is 224 g/mol. The van der Waals surface area contributed by atoms with Gasteiger partial charge in [0, 0.05) is 12.5 Å². The summed E-state index contributed by atoms with van der Waals surface area (Å²) in [6.45, 7) is 0. The highest BCUT2D eigenvalue weighted by molar-refractivity contribution is 5.91. The molecule has 1 aromatic carbocycles. The highest BCUT2D eigenvalue weighted by atomic mass is 16.5. The molecule has 0 aromatic heterocycles. The maximum Gasteiger partial charge on any atom is 0.339 e. The van der Waals surface area contributed by atoms with Crippen LogP contribution >= 0.6 is 0 Å². The van der Waals surface area contributed by atoms with Gasteiger partial charge >= 0.3 is 5.97 Å². The number of aryl methyl sites for hydroxylation is 1. The number of hydrogen-bond donors (Lipinski definition) is 2. The maximum absolute atomic E-state index is 10.8. The lowest BCUT2D eigenvalue weighted by molar-refractivity contribution is -0.107. The van der Waals surface area contributed by atoms with Crippen LogP contribution in [-0.4, -0.2) is 29.6 Å². The summed E-state index contributed by atoms with van der Waals surface area (Å²) in [4.78, 5) is 21.0. The Hall–Kier alpha value is -2.04. The number of benzene rings is 1. The number of aldehydes is 1. The summed E-state index contributed by atoms with van der Waals surface area (Å²) in [5.74, 6) is -1.18. The molecule has 0 spiro atoms. The Kier molecular flexibility index (Phi) is 3.88. The fourth-order valence-corrected chi connectivity index (χ4v) is 1.39. The van der Waals surface area contributed by atoms with Gasteiger partial charge in [-0.3, -0.25) is 0 Å². The second-order valence-corrected chi connectivity index (χ2v) is 3.19. The third kappa shape index (κ3) is 2.50. The molecule has 0 amide bonds. The molecule has 0 fully saturated rings. The van der Waals surface area contributed by atoms with E-state index >= 15 is 0 Å². The molecule has 0 aliphatic heterocycles. The number of carboxylic acids is 1. The molecule has 2 N–H and O–H groups in total. The molecule has 16 heavy (non-hydrogen) atoms. The lowest BCUT2D eigenvalue weighted by Crippen LogP contribution is -2.01. The smallest absolute Gasteiger partial charge is 0.339 e. The van der Waals surface area contributed by atoms with Crippen molar-refractivity contribution < 1.29 is 24.5 Å². The second-order valence-electron chi connectivity index (χ2n) is 3.19. The first-order valence-corrected chi connectivity index (χ1v) is 4.67. The van der Waals surface area contributed by atoms with Crippen LogP contribution in [0.25, 0.3) is 0 Å². The number of aromatic hydroxyl groups is 1. The Balaban J connectivity index is 3.17. The van der Waals surface area contributed by atoms with Crippen LogP contribution in [0.2, 0.25) is 0 Å². The molecule has 0 atom stereocenters. The fourth-order valence-electron chi connectivity index (χ4n) is 1.39. The van der Waals surface area contributed by atoms with Gasteiger partial charge < -0.3 is 19.7 Å². The molecular weight excluding hydrogens is 212 g/mol. The summed E-state index contributed by atoms with van der Waals surface area (Å²) in [6.07, 6.45) is 1.40. The lowest BCUT2D eigenvalue weighted by Gasteiger charge is -2.09. The SMILES string of the molecule is COc1cc(O)c(C(=O)O)cc1CCC=O. The van der Waals surface area contributed by atoms with Crippen molar-refractivity contribution in [2.75, 3.05) is 7.11 Å². The summed E-state index contributed by atoms with van der Waals surface area (Å²) in [5.41, 5.74) is 0.395. The number of aromatic carboxylic acids is 1. The summed E-state index contributed by atoms with van der Waals surface area (Å²) < 4.78 is 4.99. The van der Waals surface area contributed by atoms with Gasteiger partial charge in [-0.1, -0.05) is 0 Å². The minimum atomic E-state index is -1.22. The van der Waals surface area contributed by atoms with Gasteiger partial charge in [0.05, 0.1) is 7.11 Å². The lowest BCUT2D eigenvalue weighted by atomic mass is 10.0. The number of carbonyl (C=O) groups excluding carboxylic acids is 1. The zero-order valence-corrected chi connectivity index (χ0v) is 8.77. The van der Waals surface area contributed by atoms with Crippen molar-refractivity contribution in [3.05, 3.63) is 23.3 Å². The molecule has 0 heterocycles. The summed E-state index contributed by atoms with van der Waals surface area (Å²) in [7, 11) is 1.42. The van der Waals surface area contributed by atoms with Crippen LogP contribution in [0.5, 0.6) is 11.5 Å². The molecule has 1 aromatic rings. The van der Waals surface area contributed by atoms with E-state index < -0.39 is 5.97 Å². The van der Waals surface area contributed by atoms with Gasteiger partial charge in [-0.05, 0) is 18.1 Å². The summed E-state index contributed by atoms with van der Waals surface area (Å²) >= 11 is 0. The van der Waals surface area contributed by atoms with Gasteiger partial charge in [-0.25, -0.2) is 4.79 Å². The Morgan fingerprint density at radius 1 is 1.50 bits per heavy atom. The van der Waals surface area contributed by atoms with E-state index in [1.807, 2.05) is 0 Å². The van der Waals surface area contributed by atoms with Crippen LogP contribution in [0.3, 0.4) is 0 Å². The van der Waals surface area contributed by atoms with E-state index in [1.54, 1.807) is 0 Å². The molecule has 5 nitrogen and oxygen atoms in total. The molecule has 0 radical (unpaired) electrons. The molecule has 0 bridgehead atoms. The van der Waals surface area contributed by atoms with Gasteiger partial charge in [-0.15, -0.1) is 0 Å². The molecule has 5 heteroatoms. The molecule has 0 saturated carbocycles. The molecular formula is C11H12O5. The number of phenols is 1. The van der Waals surface area contributed by atoms with Crippen LogP contribution in [0.1, 0.15) is 22.3 Å². The van der Waals surface area contributed by atoms with Gasteiger partial charge in [0.1, 0.15) is 23.3 Å². The van der Waals surface area contributed by atoms with E-state index in [4.69, 9.17) is 9.84 Å². The van der Waals surface area contributed by atoms with Crippen molar-refractivity contribution >= 4 is 12.3 Å². The van der Waals surface area contributed by atoms with Crippen molar-refractivity contribution in [2.24, 2.45) is 0 Å². The van der Waals surface area contributed by atoms with Crippen molar-refractivity contribution in [1.29, 1.82) is 0 Å². The Morgan fingerprint density at radius 3 is 2.69 bits per heavy atom. The van der Waals surface area contributed by atoms with Gasteiger partial charge in [0.2, 0.25) is 0 Å². The summed E-state index contributed by atoms with van der Waals surface area (Å²) in [5, 5.41) is 18.2. The molecule has 0 saturated heterocycles. The summed E-state index contributed by atoms with van der Waals surface area (Å²) in [6, 6.07) is 2.56. The van der Waals surface area contributed by atoms with E-state index in [9.17, 15) is 14.7 Å². The Morgan fingerprint density at radius 2 is 2.19 bits per heavy atom. The van der Waals surface area contributed by atoms with E-state index in [0.29, 0.717) is 17.7 Å². The predicted octanol–water partition coefficient (Wildman–Crippen LogP) is 1.23. The zero-order valence-electron chi connectivity index (χ0n) is 8.77. The topological polar surface area (TPSA) is 83.8 Å². The number of carbonyl (C=O) groups is 2. The third-order valence-corrected chi connectivity index (χ3v) is 2.16. The number of carboxylic acid groups (broad SMARTS) is 1. The van der Waals surface area contributed by atoms with Crippen LogP contribution < -0.4 is 4.74 Å². The normalized spacial score (nSPS) is 9.81. The maximum atomic E-state index is 10.8.